The molecule has 0 fully saturated rings. The van der Waals surface area contributed by atoms with E-state index in [0.29, 0.717) is 24.5 Å². The van der Waals surface area contributed by atoms with Crippen LogP contribution in [0, 0.1) is 11.3 Å². The van der Waals surface area contributed by atoms with Crippen LogP contribution in [0.25, 0.3) is 0 Å². The third-order valence-electron chi connectivity index (χ3n) is 1.88. The van der Waals surface area contributed by atoms with E-state index in [2.05, 4.69) is 6.07 Å². The second kappa shape index (κ2) is 3.36. The predicted molar refractivity (Wildman–Crippen MR) is 46.8 cm³/mol. The maximum absolute atomic E-state index is 8.66. The van der Waals surface area contributed by atoms with Gasteiger partial charge in [0.1, 0.15) is 0 Å². The molecule has 0 atom stereocenters. The lowest BCUT2D eigenvalue weighted by Gasteiger charge is -2.05. The van der Waals surface area contributed by atoms with Crippen molar-refractivity contribution in [1.82, 2.24) is 0 Å². The Labute approximate surface area is 76.5 Å². The van der Waals surface area contributed by atoms with Gasteiger partial charge in [-0.15, -0.1) is 0 Å². The fourth-order valence-electron chi connectivity index (χ4n) is 1.23. The summed E-state index contributed by atoms with van der Waals surface area (Å²) in [5.74, 6) is 1.41. The summed E-state index contributed by atoms with van der Waals surface area (Å²) in [6.07, 6.45) is 0.885. The smallest absolute Gasteiger partial charge is 0.162 e. The Morgan fingerprint density at radius 1 is 1.15 bits per heavy atom. The Morgan fingerprint density at radius 3 is 2.69 bits per heavy atom. The average Bonchev–Trinajstić information content (AvgIpc) is 2.41. The highest BCUT2D eigenvalue weighted by Gasteiger charge is 2.09. The summed E-state index contributed by atoms with van der Waals surface area (Å²) in [6.45, 7) is 1.33. The Kier molecular flexibility index (Phi) is 2.05. The third-order valence-corrected chi connectivity index (χ3v) is 1.88. The molecule has 0 spiro atoms. The number of hydrogen-bond donors (Lipinski definition) is 0. The standard InChI is InChI=1S/C10H9NO2/c11-7-8-2-3-9-10(6-8)13-5-1-4-12-9/h2-3,6H,1,4-5H2. The van der Waals surface area contributed by atoms with E-state index in [-0.39, 0.29) is 0 Å². The number of fused-ring (bicyclic) bond motifs is 1. The van der Waals surface area contributed by atoms with Gasteiger partial charge in [-0.25, -0.2) is 0 Å². The molecule has 1 heterocycles. The molecule has 0 saturated heterocycles. The normalized spacial score (nSPS) is 14.4. The predicted octanol–water partition coefficient (Wildman–Crippen LogP) is 1.72. The van der Waals surface area contributed by atoms with Gasteiger partial charge in [0.25, 0.3) is 0 Å². The van der Waals surface area contributed by atoms with Gasteiger partial charge in [-0.1, -0.05) is 0 Å². The molecule has 0 aromatic heterocycles. The van der Waals surface area contributed by atoms with E-state index in [1.165, 1.54) is 0 Å². The summed E-state index contributed by atoms with van der Waals surface area (Å²) in [7, 11) is 0. The molecular formula is C10H9NO2. The van der Waals surface area contributed by atoms with E-state index in [0.717, 1.165) is 12.2 Å². The van der Waals surface area contributed by atoms with Crippen molar-refractivity contribution < 1.29 is 9.47 Å². The number of nitrogens with zero attached hydrogens (tertiary/aromatic N) is 1. The number of benzene rings is 1. The van der Waals surface area contributed by atoms with E-state index < -0.39 is 0 Å². The number of rotatable bonds is 0. The third kappa shape index (κ3) is 1.57. The van der Waals surface area contributed by atoms with Crippen molar-refractivity contribution in [1.29, 1.82) is 5.26 Å². The largest absolute Gasteiger partial charge is 0.490 e. The molecule has 0 aliphatic carbocycles. The van der Waals surface area contributed by atoms with Crippen molar-refractivity contribution in [3.8, 4) is 17.6 Å². The molecule has 1 aliphatic heterocycles. The van der Waals surface area contributed by atoms with Crippen LogP contribution in [-0.4, -0.2) is 13.2 Å². The first-order chi connectivity index (χ1) is 6.40. The van der Waals surface area contributed by atoms with E-state index >= 15 is 0 Å². The first-order valence-corrected chi connectivity index (χ1v) is 4.20. The lowest BCUT2D eigenvalue weighted by Crippen LogP contribution is -1.97. The van der Waals surface area contributed by atoms with Crippen LogP contribution in [0.15, 0.2) is 18.2 Å². The van der Waals surface area contributed by atoms with E-state index in [1.807, 2.05) is 0 Å². The van der Waals surface area contributed by atoms with Gasteiger partial charge in [0.15, 0.2) is 11.5 Å². The minimum absolute atomic E-state index is 0.601. The summed E-state index contributed by atoms with van der Waals surface area (Å²) in [5.41, 5.74) is 0.601. The number of nitriles is 1. The highest BCUT2D eigenvalue weighted by molar-refractivity contribution is 5.46. The Morgan fingerprint density at radius 2 is 1.92 bits per heavy atom. The van der Waals surface area contributed by atoms with Crippen LogP contribution in [0.2, 0.25) is 0 Å². The van der Waals surface area contributed by atoms with Gasteiger partial charge in [0, 0.05) is 12.5 Å². The van der Waals surface area contributed by atoms with Crippen molar-refractivity contribution >= 4 is 0 Å². The van der Waals surface area contributed by atoms with Gasteiger partial charge in [-0.3, -0.25) is 0 Å². The lowest BCUT2D eigenvalue weighted by molar-refractivity contribution is 0.297. The molecule has 0 radical (unpaired) electrons. The molecule has 13 heavy (non-hydrogen) atoms. The lowest BCUT2D eigenvalue weighted by atomic mass is 10.2. The Hall–Kier alpha value is -1.69. The molecule has 1 aromatic carbocycles. The average molecular weight is 175 g/mol. The highest BCUT2D eigenvalue weighted by Crippen LogP contribution is 2.29. The molecule has 1 aliphatic rings. The minimum atomic E-state index is 0.601. The summed E-state index contributed by atoms with van der Waals surface area (Å²) in [6, 6.07) is 7.28. The molecule has 0 saturated carbocycles. The Bertz CT molecular complexity index is 354. The quantitative estimate of drug-likeness (QED) is 0.602. The van der Waals surface area contributed by atoms with Gasteiger partial charge >= 0.3 is 0 Å². The fourth-order valence-corrected chi connectivity index (χ4v) is 1.23. The maximum atomic E-state index is 8.66. The topological polar surface area (TPSA) is 42.2 Å². The summed E-state index contributed by atoms with van der Waals surface area (Å²) in [5, 5.41) is 8.66. The van der Waals surface area contributed by atoms with Gasteiger partial charge in [-0.05, 0) is 12.1 Å². The van der Waals surface area contributed by atoms with Crippen LogP contribution >= 0.6 is 0 Å². The first kappa shape index (κ1) is 7.93. The zero-order chi connectivity index (χ0) is 9.10. The van der Waals surface area contributed by atoms with Crippen molar-refractivity contribution in [3.63, 3.8) is 0 Å². The monoisotopic (exact) mass is 175 g/mol. The van der Waals surface area contributed by atoms with Crippen LogP contribution in [0.1, 0.15) is 12.0 Å². The van der Waals surface area contributed by atoms with E-state index in [1.54, 1.807) is 18.2 Å². The van der Waals surface area contributed by atoms with E-state index in [4.69, 9.17) is 14.7 Å². The Balaban J connectivity index is 2.39. The number of ether oxygens (including phenoxy) is 2. The second-order valence-electron chi connectivity index (χ2n) is 2.82. The molecule has 3 heteroatoms. The summed E-state index contributed by atoms with van der Waals surface area (Å²) < 4.78 is 10.8. The molecule has 0 amide bonds. The SMILES string of the molecule is N#Cc1ccc2c(c1)OCCCO2. The molecule has 0 N–H and O–H groups in total. The van der Waals surface area contributed by atoms with Crippen LogP contribution < -0.4 is 9.47 Å². The fraction of sp³-hybridized carbons (Fsp3) is 0.300. The van der Waals surface area contributed by atoms with Crippen molar-refractivity contribution in [2.75, 3.05) is 13.2 Å². The van der Waals surface area contributed by atoms with E-state index in [9.17, 15) is 0 Å². The molecule has 0 bridgehead atoms. The van der Waals surface area contributed by atoms with Crippen LogP contribution in [0.3, 0.4) is 0 Å². The second-order valence-corrected chi connectivity index (χ2v) is 2.82. The molecular weight excluding hydrogens is 166 g/mol. The van der Waals surface area contributed by atoms with Gasteiger partial charge in [0.05, 0.1) is 24.8 Å². The van der Waals surface area contributed by atoms with Crippen molar-refractivity contribution in [2.24, 2.45) is 0 Å². The van der Waals surface area contributed by atoms with Gasteiger partial charge in [0.2, 0.25) is 0 Å². The van der Waals surface area contributed by atoms with Crippen LogP contribution in [0.4, 0.5) is 0 Å². The molecule has 3 nitrogen and oxygen atoms in total. The summed E-state index contributed by atoms with van der Waals surface area (Å²) in [4.78, 5) is 0. The number of hydrogen-bond acceptors (Lipinski definition) is 3. The van der Waals surface area contributed by atoms with Gasteiger partial charge < -0.3 is 9.47 Å². The van der Waals surface area contributed by atoms with Gasteiger partial charge in [-0.2, -0.15) is 5.26 Å². The first-order valence-electron chi connectivity index (χ1n) is 4.20. The highest BCUT2D eigenvalue weighted by atomic mass is 16.5. The molecule has 0 unspecified atom stereocenters. The summed E-state index contributed by atoms with van der Waals surface area (Å²) >= 11 is 0. The van der Waals surface area contributed by atoms with Crippen molar-refractivity contribution in [3.05, 3.63) is 23.8 Å². The molecule has 2 rings (SSSR count). The van der Waals surface area contributed by atoms with Crippen LogP contribution in [0.5, 0.6) is 11.5 Å². The zero-order valence-corrected chi connectivity index (χ0v) is 7.12. The zero-order valence-electron chi connectivity index (χ0n) is 7.12. The maximum Gasteiger partial charge on any atom is 0.162 e. The molecule has 1 aromatic rings. The van der Waals surface area contributed by atoms with Crippen molar-refractivity contribution in [2.45, 2.75) is 6.42 Å². The molecule has 66 valence electrons. The van der Waals surface area contributed by atoms with Crippen LogP contribution in [-0.2, 0) is 0 Å². The minimum Gasteiger partial charge on any atom is -0.490 e.